The van der Waals surface area contributed by atoms with E-state index in [1.165, 1.54) is 41.8 Å². The molecule has 106 valence electrons. The van der Waals surface area contributed by atoms with Crippen molar-refractivity contribution in [3.05, 3.63) is 81.9 Å². The fraction of sp³-hybridized carbons (Fsp3) is 0.0476. The number of rotatable bonds is 1. The lowest BCUT2D eigenvalue weighted by molar-refractivity contribution is 1.49. The third-order valence-electron chi connectivity index (χ3n) is 4.23. The number of aryl methyl sites for hydroxylation is 1. The fourth-order valence-corrected chi connectivity index (χ4v) is 3.87. The Balaban J connectivity index is 2.18. The normalized spacial score (nSPS) is 11.2. The van der Waals surface area contributed by atoms with Crippen molar-refractivity contribution in [3.63, 3.8) is 0 Å². The molecule has 0 unspecified atom stereocenters. The summed E-state index contributed by atoms with van der Waals surface area (Å²) in [5.41, 5.74) is 4.01. The molecule has 0 fully saturated rings. The van der Waals surface area contributed by atoms with Gasteiger partial charge < -0.3 is 0 Å². The van der Waals surface area contributed by atoms with Gasteiger partial charge in [0.15, 0.2) is 0 Å². The molecule has 0 spiro atoms. The highest BCUT2D eigenvalue weighted by molar-refractivity contribution is 14.1. The maximum absolute atomic E-state index is 2.42. The molecule has 0 radical (unpaired) electrons. The number of benzene rings is 4. The molecule has 0 atom stereocenters. The van der Waals surface area contributed by atoms with E-state index >= 15 is 0 Å². The minimum Gasteiger partial charge on any atom is -0.0616 e. The lowest BCUT2D eigenvalue weighted by Crippen LogP contribution is -1.89. The van der Waals surface area contributed by atoms with E-state index in [1.807, 2.05) is 0 Å². The van der Waals surface area contributed by atoms with Crippen LogP contribution < -0.4 is 0 Å². The fourth-order valence-electron chi connectivity index (χ4n) is 3.22. The maximum atomic E-state index is 2.42. The zero-order chi connectivity index (χ0) is 15.1. The smallest absolute Gasteiger partial charge is 0.0142 e. The SMILES string of the molecule is Cc1ccc2ccccc2c1-c1cc(I)cc2ccccc12. The highest BCUT2D eigenvalue weighted by Crippen LogP contribution is 2.37. The molecular weight excluding hydrogens is 379 g/mol. The Kier molecular flexibility index (Phi) is 3.38. The van der Waals surface area contributed by atoms with Crippen molar-refractivity contribution >= 4 is 44.1 Å². The lowest BCUT2D eigenvalue weighted by atomic mass is 9.91. The summed E-state index contributed by atoms with van der Waals surface area (Å²) in [5.74, 6) is 0. The number of hydrogen-bond acceptors (Lipinski definition) is 0. The van der Waals surface area contributed by atoms with Crippen molar-refractivity contribution in [2.24, 2.45) is 0 Å². The van der Waals surface area contributed by atoms with Crippen LogP contribution in [0.1, 0.15) is 5.56 Å². The van der Waals surface area contributed by atoms with E-state index in [0.717, 1.165) is 0 Å². The zero-order valence-electron chi connectivity index (χ0n) is 12.3. The highest BCUT2D eigenvalue weighted by Gasteiger charge is 2.11. The van der Waals surface area contributed by atoms with Crippen molar-refractivity contribution in [2.45, 2.75) is 6.92 Å². The van der Waals surface area contributed by atoms with E-state index in [2.05, 4.69) is 102 Å². The Morgan fingerprint density at radius 3 is 2.18 bits per heavy atom. The van der Waals surface area contributed by atoms with Gasteiger partial charge in [-0.15, -0.1) is 0 Å². The second-order valence-electron chi connectivity index (χ2n) is 5.65. The second kappa shape index (κ2) is 5.40. The van der Waals surface area contributed by atoms with Gasteiger partial charge in [0.05, 0.1) is 0 Å². The van der Waals surface area contributed by atoms with Gasteiger partial charge in [-0.25, -0.2) is 0 Å². The minimum absolute atomic E-state index is 1.28. The molecule has 0 saturated carbocycles. The predicted molar refractivity (Wildman–Crippen MR) is 104 cm³/mol. The Bertz CT molecular complexity index is 999. The lowest BCUT2D eigenvalue weighted by Gasteiger charge is -2.14. The zero-order valence-corrected chi connectivity index (χ0v) is 14.5. The van der Waals surface area contributed by atoms with Crippen LogP contribution in [-0.2, 0) is 0 Å². The van der Waals surface area contributed by atoms with Gasteiger partial charge in [0.1, 0.15) is 0 Å². The Morgan fingerprint density at radius 1 is 0.682 bits per heavy atom. The van der Waals surface area contributed by atoms with E-state index in [4.69, 9.17) is 0 Å². The Morgan fingerprint density at radius 2 is 1.36 bits per heavy atom. The quantitative estimate of drug-likeness (QED) is 0.320. The van der Waals surface area contributed by atoms with Crippen LogP contribution in [0.5, 0.6) is 0 Å². The molecule has 0 nitrogen and oxygen atoms in total. The maximum Gasteiger partial charge on any atom is 0.0142 e. The van der Waals surface area contributed by atoms with Crippen molar-refractivity contribution in [1.82, 2.24) is 0 Å². The Labute approximate surface area is 143 Å². The average molecular weight is 394 g/mol. The van der Waals surface area contributed by atoms with Crippen LogP contribution in [0.4, 0.5) is 0 Å². The summed E-state index contributed by atoms with van der Waals surface area (Å²) in [5, 5.41) is 5.25. The molecule has 0 aliphatic rings. The number of fused-ring (bicyclic) bond motifs is 2. The van der Waals surface area contributed by atoms with Crippen LogP contribution in [0.25, 0.3) is 32.7 Å². The molecule has 0 bridgehead atoms. The van der Waals surface area contributed by atoms with Gasteiger partial charge in [-0.2, -0.15) is 0 Å². The topological polar surface area (TPSA) is 0 Å². The van der Waals surface area contributed by atoms with Gasteiger partial charge >= 0.3 is 0 Å². The molecule has 4 rings (SSSR count). The van der Waals surface area contributed by atoms with Crippen molar-refractivity contribution in [3.8, 4) is 11.1 Å². The van der Waals surface area contributed by atoms with E-state index in [-0.39, 0.29) is 0 Å². The first-order valence-corrected chi connectivity index (χ1v) is 8.49. The van der Waals surface area contributed by atoms with Crippen LogP contribution in [0.3, 0.4) is 0 Å². The monoisotopic (exact) mass is 394 g/mol. The van der Waals surface area contributed by atoms with E-state index in [9.17, 15) is 0 Å². The van der Waals surface area contributed by atoms with E-state index in [1.54, 1.807) is 0 Å². The third kappa shape index (κ3) is 2.20. The largest absolute Gasteiger partial charge is 0.0616 e. The molecule has 0 aliphatic carbocycles. The van der Waals surface area contributed by atoms with Gasteiger partial charge in [0, 0.05) is 3.57 Å². The molecule has 4 aromatic carbocycles. The van der Waals surface area contributed by atoms with E-state index < -0.39 is 0 Å². The van der Waals surface area contributed by atoms with Crippen LogP contribution >= 0.6 is 22.6 Å². The van der Waals surface area contributed by atoms with Crippen LogP contribution in [0.2, 0.25) is 0 Å². The van der Waals surface area contributed by atoms with Gasteiger partial charge in [-0.3, -0.25) is 0 Å². The number of halogens is 1. The predicted octanol–water partition coefficient (Wildman–Crippen LogP) is 6.57. The molecule has 0 N–H and O–H groups in total. The van der Waals surface area contributed by atoms with Gasteiger partial charge in [0.25, 0.3) is 0 Å². The first kappa shape index (κ1) is 13.8. The Hall–Kier alpha value is -1.87. The summed E-state index contributed by atoms with van der Waals surface area (Å²) in [6.07, 6.45) is 0. The minimum atomic E-state index is 1.28. The van der Waals surface area contributed by atoms with Crippen molar-refractivity contribution < 1.29 is 0 Å². The molecule has 0 heterocycles. The third-order valence-corrected chi connectivity index (χ3v) is 4.86. The van der Waals surface area contributed by atoms with Crippen LogP contribution in [0.15, 0.2) is 72.8 Å². The van der Waals surface area contributed by atoms with Crippen molar-refractivity contribution in [1.29, 1.82) is 0 Å². The van der Waals surface area contributed by atoms with E-state index in [0.29, 0.717) is 0 Å². The highest BCUT2D eigenvalue weighted by atomic mass is 127. The molecule has 0 amide bonds. The van der Waals surface area contributed by atoms with Gasteiger partial charge in [-0.05, 0) is 79.9 Å². The summed E-state index contributed by atoms with van der Waals surface area (Å²) in [4.78, 5) is 0. The molecule has 1 heteroatoms. The summed E-state index contributed by atoms with van der Waals surface area (Å²) >= 11 is 2.42. The molecule has 22 heavy (non-hydrogen) atoms. The summed E-state index contributed by atoms with van der Waals surface area (Å²) in [6, 6.07) is 26.3. The summed E-state index contributed by atoms with van der Waals surface area (Å²) in [7, 11) is 0. The molecule has 0 aliphatic heterocycles. The van der Waals surface area contributed by atoms with Crippen LogP contribution in [0, 0.1) is 10.5 Å². The van der Waals surface area contributed by atoms with Gasteiger partial charge in [-0.1, -0.05) is 60.7 Å². The average Bonchev–Trinajstić information content (AvgIpc) is 2.54. The van der Waals surface area contributed by atoms with Gasteiger partial charge in [0.2, 0.25) is 0 Å². The molecule has 0 saturated heterocycles. The van der Waals surface area contributed by atoms with Crippen LogP contribution in [-0.4, -0.2) is 0 Å². The summed E-state index contributed by atoms with van der Waals surface area (Å²) < 4.78 is 1.28. The molecular formula is C21H15I. The molecule has 4 aromatic rings. The first-order chi connectivity index (χ1) is 10.7. The standard InChI is InChI=1S/C21H15I/c1-14-10-11-15-6-2-5-9-19(15)21(14)20-13-17(22)12-16-7-3-4-8-18(16)20/h2-13H,1H3. The number of hydrogen-bond donors (Lipinski definition) is 0. The van der Waals surface area contributed by atoms with Crippen molar-refractivity contribution in [2.75, 3.05) is 0 Å². The molecule has 0 aromatic heterocycles. The second-order valence-corrected chi connectivity index (χ2v) is 6.90. The summed E-state index contributed by atoms with van der Waals surface area (Å²) in [6.45, 7) is 2.20. The first-order valence-electron chi connectivity index (χ1n) is 7.41.